The largest absolute Gasteiger partial charge is 0.488 e. The van der Waals surface area contributed by atoms with Crippen molar-refractivity contribution in [3.63, 3.8) is 0 Å². The Hall–Kier alpha value is -3.91. The van der Waals surface area contributed by atoms with E-state index < -0.39 is 5.82 Å². The summed E-state index contributed by atoms with van der Waals surface area (Å²) in [5, 5.41) is 2.68. The second kappa shape index (κ2) is 10.1. The maximum atomic E-state index is 14.2. The van der Waals surface area contributed by atoms with Crippen LogP contribution in [0.3, 0.4) is 0 Å². The average molecular weight is 449 g/mol. The highest BCUT2D eigenvalue weighted by molar-refractivity contribution is 6.04. The lowest BCUT2D eigenvalue weighted by molar-refractivity contribution is 0.102. The first kappa shape index (κ1) is 22.3. The zero-order valence-corrected chi connectivity index (χ0v) is 18.4. The molecule has 1 amide bonds. The maximum Gasteiger partial charge on any atom is 0.255 e. The minimum absolute atomic E-state index is 0.104. The number of benzene rings is 2. The number of anilines is 1. The van der Waals surface area contributed by atoms with E-state index in [4.69, 9.17) is 14.2 Å². The molecular weight excluding hydrogens is 425 g/mol. The van der Waals surface area contributed by atoms with Crippen LogP contribution in [0.25, 0.3) is 5.65 Å². The van der Waals surface area contributed by atoms with Crippen molar-refractivity contribution in [2.45, 2.75) is 13.5 Å². The number of pyridine rings is 1. The molecule has 1 N–H and O–H groups in total. The van der Waals surface area contributed by atoms with Crippen LogP contribution in [0.2, 0.25) is 0 Å². The van der Waals surface area contributed by atoms with Crippen LogP contribution in [0.15, 0.2) is 67.0 Å². The van der Waals surface area contributed by atoms with Gasteiger partial charge in [0.1, 0.15) is 24.6 Å². The topological polar surface area (TPSA) is 74.1 Å². The summed E-state index contributed by atoms with van der Waals surface area (Å²) in [6, 6.07) is 15.0. The molecule has 4 rings (SSSR count). The number of carbonyl (C=O) groups is 1. The summed E-state index contributed by atoms with van der Waals surface area (Å²) in [6.07, 6.45) is 3.87. The lowest BCUT2D eigenvalue weighted by atomic mass is 10.2. The number of nitrogens with zero attached hydrogens (tertiary/aromatic N) is 2. The highest BCUT2D eigenvalue weighted by Crippen LogP contribution is 2.22. The molecule has 0 aliphatic rings. The van der Waals surface area contributed by atoms with Gasteiger partial charge in [-0.15, -0.1) is 0 Å². The predicted molar refractivity (Wildman–Crippen MR) is 122 cm³/mol. The Labute approximate surface area is 190 Å². The number of fused-ring (bicyclic) bond motifs is 1. The number of hydrogen-bond acceptors (Lipinski definition) is 5. The fourth-order valence-corrected chi connectivity index (χ4v) is 3.27. The number of rotatable bonds is 9. The molecule has 0 unspecified atom stereocenters. The van der Waals surface area contributed by atoms with E-state index in [1.807, 2.05) is 35.9 Å². The highest BCUT2D eigenvalue weighted by atomic mass is 19.1. The SMILES string of the molecule is COCCOc1ccc(NC(=O)c2ccc(OCc3cn4cccc(C)c4n3)cc2)cc1F. The van der Waals surface area contributed by atoms with Crippen LogP contribution in [0.5, 0.6) is 11.5 Å². The Bertz CT molecular complexity index is 1250. The molecule has 33 heavy (non-hydrogen) atoms. The molecule has 0 saturated heterocycles. The first-order valence-corrected chi connectivity index (χ1v) is 10.4. The van der Waals surface area contributed by atoms with Gasteiger partial charge in [0.25, 0.3) is 5.91 Å². The Morgan fingerprint density at radius 2 is 1.91 bits per heavy atom. The summed E-state index contributed by atoms with van der Waals surface area (Å²) < 4.78 is 32.1. The van der Waals surface area contributed by atoms with E-state index in [0.717, 1.165) is 16.9 Å². The molecule has 0 radical (unpaired) electrons. The first-order chi connectivity index (χ1) is 16.0. The second-order valence-corrected chi connectivity index (χ2v) is 7.41. The lowest BCUT2D eigenvalue weighted by Crippen LogP contribution is -2.12. The number of hydrogen-bond donors (Lipinski definition) is 1. The maximum absolute atomic E-state index is 14.2. The Morgan fingerprint density at radius 3 is 2.64 bits per heavy atom. The smallest absolute Gasteiger partial charge is 0.255 e. The van der Waals surface area contributed by atoms with Crippen molar-refractivity contribution in [1.82, 2.24) is 9.38 Å². The van der Waals surface area contributed by atoms with Crippen LogP contribution in [0.4, 0.5) is 10.1 Å². The molecule has 0 saturated carbocycles. The molecule has 7 nitrogen and oxygen atoms in total. The summed E-state index contributed by atoms with van der Waals surface area (Å²) in [6.45, 7) is 2.92. The molecular formula is C25H24FN3O4. The lowest BCUT2D eigenvalue weighted by Gasteiger charge is -2.10. The number of aromatic nitrogens is 2. The molecule has 0 bridgehead atoms. The number of halogens is 1. The molecule has 0 aliphatic carbocycles. The third kappa shape index (κ3) is 5.48. The van der Waals surface area contributed by atoms with Crippen LogP contribution in [0, 0.1) is 12.7 Å². The summed E-state index contributed by atoms with van der Waals surface area (Å²) in [7, 11) is 1.54. The van der Waals surface area contributed by atoms with Crippen molar-refractivity contribution in [1.29, 1.82) is 0 Å². The van der Waals surface area contributed by atoms with E-state index in [2.05, 4.69) is 10.3 Å². The number of imidazole rings is 1. The van der Waals surface area contributed by atoms with Crippen LogP contribution in [-0.2, 0) is 11.3 Å². The Morgan fingerprint density at radius 1 is 1.09 bits per heavy atom. The van der Waals surface area contributed by atoms with Crippen LogP contribution < -0.4 is 14.8 Å². The van der Waals surface area contributed by atoms with Gasteiger partial charge in [-0.05, 0) is 55.0 Å². The van der Waals surface area contributed by atoms with Gasteiger partial charge in [-0.25, -0.2) is 9.37 Å². The summed E-state index contributed by atoms with van der Waals surface area (Å²) in [5.74, 6) is -0.198. The van der Waals surface area contributed by atoms with Crippen molar-refractivity contribution in [2.24, 2.45) is 0 Å². The fraction of sp³-hybridized carbons (Fsp3) is 0.200. The zero-order chi connectivity index (χ0) is 23.2. The summed E-state index contributed by atoms with van der Waals surface area (Å²) in [4.78, 5) is 17.1. The molecule has 0 aliphatic heterocycles. The fourth-order valence-electron chi connectivity index (χ4n) is 3.27. The second-order valence-electron chi connectivity index (χ2n) is 7.41. The molecule has 8 heteroatoms. The molecule has 170 valence electrons. The number of ether oxygens (including phenoxy) is 3. The minimum atomic E-state index is -0.560. The number of methoxy groups -OCH3 is 1. The van der Waals surface area contributed by atoms with E-state index in [-0.39, 0.29) is 18.3 Å². The van der Waals surface area contributed by atoms with Crippen molar-refractivity contribution in [2.75, 3.05) is 25.6 Å². The van der Waals surface area contributed by atoms with Gasteiger partial charge < -0.3 is 23.9 Å². The van der Waals surface area contributed by atoms with Crippen molar-refractivity contribution >= 4 is 17.2 Å². The van der Waals surface area contributed by atoms with Gasteiger partial charge >= 0.3 is 0 Å². The molecule has 0 spiro atoms. The van der Waals surface area contributed by atoms with Gasteiger partial charge in [-0.2, -0.15) is 0 Å². The molecule has 0 atom stereocenters. The van der Waals surface area contributed by atoms with Gasteiger partial charge in [-0.3, -0.25) is 4.79 Å². The van der Waals surface area contributed by atoms with E-state index in [0.29, 0.717) is 30.2 Å². The number of carbonyl (C=O) groups excluding carboxylic acids is 1. The minimum Gasteiger partial charge on any atom is -0.488 e. The van der Waals surface area contributed by atoms with E-state index >= 15 is 0 Å². The Kier molecular flexibility index (Phi) is 6.85. The van der Waals surface area contributed by atoms with Crippen molar-refractivity contribution in [3.8, 4) is 11.5 Å². The molecule has 0 fully saturated rings. The van der Waals surface area contributed by atoms with Gasteiger partial charge in [0.15, 0.2) is 11.6 Å². The van der Waals surface area contributed by atoms with E-state index in [1.165, 1.54) is 12.1 Å². The zero-order valence-electron chi connectivity index (χ0n) is 18.4. The molecule has 4 aromatic rings. The molecule has 2 aromatic heterocycles. The van der Waals surface area contributed by atoms with Gasteiger partial charge in [-0.1, -0.05) is 6.07 Å². The van der Waals surface area contributed by atoms with Crippen LogP contribution in [0.1, 0.15) is 21.6 Å². The van der Waals surface area contributed by atoms with Gasteiger partial charge in [0.05, 0.1) is 12.3 Å². The molecule has 2 heterocycles. The quantitative estimate of drug-likeness (QED) is 0.377. The van der Waals surface area contributed by atoms with Gasteiger partial charge in [0.2, 0.25) is 0 Å². The standard InChI is InChI=1S/C25H24FN3O4/c1-17-4-3-11-29-15-20(27-24(17)29)16-33-21-8-5-18(6-9-21)25(30)28-19-7-10-23(22(26)14-19)32-13-12-31-2/h3-11,14-15H,12-13,16H2,1-2H3,(H,28,30). The van der Waals surface area contributed by atoms with Crippen LogP contribution >= 0.6 is 0 Å². The highest BCUT2D eigenvalue weighted by Gasteiger charge is 2.10. The normalized spacial score (nSPS) is 10.9. The van der Waals surface area contributed by atoms with Gasteiger partial charge in [0, 0.05) is 36.8 Å². The first-order valence-electron chi connectivity index (χ1n) is 10.4. The Balaban J connectivity index is 1.34. The number of amides is 1. The average Bonchev–Trinajstić information content (AvgIpc) is 3.24. The predicted octanol–water partition coefficient (Wildman–Crippen LogP) is 4.64. The third-order valence-electron chi connectivity index (χ3n) is 4.97. The van der Waals surface area contributed by atoms with E-state index in [1.54, 1.807) is 37.4 Å². The van der Waals surface area contributed by atoms with Crippen molar-refractivity contribution < 1.29 is 23.4 Å². The molecule has 2 aromatic carbocycles. The summed E-state index contributed by atoms with van der Waals surface area (Å²) in [5.41, 5.74) is 3.55. The number of aryl methyl sites for hydroxylation is 1. The van der Waals surface area contributed by atoms with Crippen molar-refractivity contribution in [3.05, 3.63) is 89.6 Å². The monoisotopic (exact) mass is 449 g/mol. The van der Waals surface area contributed by atoms with E-state index in [9.17, 15) is 9.18 Å². The summed E-state index contributed by atoms with van der Waals surface area (Å²) >= 11 is 0. The third-order valence-corrected chi connectivity index (χ3v) is 4.97. The van der Waals surface area contributed by atoms with Crippen LogP contribution in [-0.4, -0.2) is 35.6 Å². The number of nitrogens with one attached hydrogen (secondary N) is 1.